The molecule has 0 aliphatic rings. The van der Waals surface area contributed by atoms with Gasteiger partial charge in [0.15, 0.2) is 18.1 Å². The highest BCUT2D eigenvalue weighted by atomic mass is 35.5. The zero-order valence-corrected chi connectivity index (χ0v) is 16.5. The number of alkyl halides is 3. The van der Waals surface area contributed by atoms with E-state index in [0.29, 0.717) is 10.4 Å². The van der Waals surface area contributed by atoms with Crippen LogP contribution in [0.3, 0.4) is 0 Å². The predicted molar refractivity (Wildman–Crippen MR) is 99.9 cm³/mol. The summed E-state index contributed by atoms with van der Waals surface area (Å²) in [7, 11) is 1.06. The number of nitrogens with zero attached hydrogens (tertiary/aromatic N) is 4. The second-order valence-corrected chi connectivity index (χ2v) is 6.78. The highest BCUT2D eigenvalue weighted by Crippen LogP contribution is 2.36. The molecule has 0 atom stereocenters. The Labute approximate surface area is 169 Å². The number of ether oxygens (including phenoxy) is 1. The summed E-state index contributed by atoms with van der Waals surface area (Å²) in [6.07, 6.45) is -1.92. The molecule has 0 saturated heterocycles. The van der Waals surface area contributed by atoms with Crippen LogP contribution in [0.4, 0.5) is 18.9 Å². The van der Waals surface area contributed by atoms with E-state index in [1.165, 1.54) is 17.1 Å². The van der Waals surface area contributed by atoms with Crippen LogP contribution in [0.15, 0.2) is 30.6 Å². The van der Waals surface area contributed by atoms with Gasteiger partial charge in [0.05, 0.1) is 18.1 Å². The molecule has 154 valence electrons. The third kappa shape index (κ3) is 4.53. The quantitative estimate of drug-likeness (QED) is 0.662. The highest BCUT2D eigenvalue weighted by Gasteiger charge is 2.40. The molecule has 0 aliphatic heterocycles. The van der Waals surface area contributed by atoms with E-state index in [4.69, 9.17) is 16.3 Å². The molecule has 1 amide bonds. The molecule has 0 saturated carbocycles. The van der Waals surface area contributed by atoms with Gasteiger partial charge in [-0.3, -0.25) is 9.48 Å². The molecule has 0 fully saturated rings. The topological polar surface area (TPSA) is 74.0 Å². The second kappa shape index (κ2) is 7.78. The van der Waals surface area contributed by atoms with E-state index in [0.717, 1.165) is 18.2 Å². The molecule has 3 rings (SSSR count). The number of anilines is 1. The lowest BCUT2D eigenvalue weighted by Gasteiger charge is -2.09. The van der Waals surface area contributed by atoms with Crippen LogP contribution in [0, 0.1) is 13.8 Å². The van der Waals surface area contributed by atoms with E-state index >= 15 is 0 Å². The molecule has 0 bridgehead atoms. The normalized spacial score (nSPS) is 11.6. The van der Waals surface area contributed by atoms with Gasteiger partial charge in [0.2, 0.25) is 0 Å². The summed E-state index contributed by atoms with van der Waals surface area (Å²) in [5.41, 5.74) is 0.619. The summed E-state index contributed by atoms with van der Waals surface area (Å²) in [6.45, 7) is 3.98. The number of nitrogens with one attached hydrogen (secondary N) is 1. The van der Waals surface area contributed by atoms with Crippen molar-refractivity contribution >= 4 is 23.2 Å². The van der Waals surface area contributed by atoms with Crippen LogP contribution in [0.5, 0.6) is 5.75 Å². The van der Waals surface area contributed by atoms with Crippen LogP contribution in [-0.4, -0.2) is 25.5 Å². The number of halogens is 4. The predicted octanol–water partition coefficient (Wildman–Crippen LogP) is 4.19. The number of carbonyl (C=O) groups is 1. The zero-order chi connectivity index (χ0) is 21.3. The number of hydrogen-bond acceptors (Lipinski definition) is 4. The minimum Gasteiger partial charge on any atom is -0.471 e. The van der Waals surface area contributed by atoms with Crippen molar-refractivity contribution in [1.82, 2.24) is 19.6 Å². The van der Waals surface area contributed by atoms with Crippen molar-refractivity contribution in [2.45, 2.75) is 26.8 Å². The molecular formula is C18H17ClF3N5O2. The van der Waals surface area contributed by atoms with E-state index in [2.05, 4.69) is 15.5 Å². The maximum atomic E-state index is 13.0. The number of benzene rings is 1. The number of aryl methyl sites for hydroxylation is 3. The number of aromatic nitrogens is 4. The Balaban J connectivity index is 1.68. The number of amides is 1. The van der Waals surface area contributed by atoms with Gasteiger partial charge in [-0.1, -0.05) is 29.3 Å². The first-order valence-corrected chi connectivity index (χ1v) is 8.77. The van der Waals surface area contributed by atoms with Crippen LogP contribution < -0.4 is 10.1 Å². The Bertz CT molecular complexity index is 1060. The molecule has 0 aliphatic carbocycles. The van der Waals surface area contributed by atoms with Gasteiger partial charge in [-0.15, -0.1) is 0 Å². The molecule has 1 N–H and O–H groups in total. The molecular weight excluding hydrogens is 411 g/mol. The second-order valence-electron chi connectivity index (χ2n) is 6.40. The molecule has 2 aromatic heterocycles. The Morgan fingerprint density at radius 1 is 1.31 bits per heavy atom. The standard InChI is InChI=1S/C18H17ClF3N5O2/c1-10-4-5-13(11(2)6-10)29-9-27-8-12(7-23-27)24-17(28)15-14(19)16(18(20,21)22)26(3)25-15/h4-8H,9H2,1-3H3,(H,24,28). The molecule has 2 heterocycles. The molecule has 7 nitrogen and oxygen atoms in total. The molecule has 0 radical (unpaired) electrons. The SMILES string of the molecule is Cc1ccc(OCn2cc(NC(=O)c3nn(C)c(C(F)(F)F)c3Cl)cn2)c(C)c1. The van der Waals surface area contributed by atoms with Crippen LogP contribution in [0.25, 0.3) is 0 Å². The van der Waals surface area contributed by atoms with Gasteiger partial charge in [-0.2, -0.15) is 23.4 Å². The maximum Gasteiger partial charge on any atom is 0.434 e. The van der Waals surface area contributed by atoms with Gasteiger partial charge in [0, 0.05) is 7.05 Å². The van der Waals surface area contributed by atoms with Crippen molar-refractivity contribution < 1.29 is 22.7 Å². The van der Waals surface area contributed by atoms with Gasteiger partial charge < -0.3 is 10.1 Å². The van der Waals surface area contributed by atoms with E-state index in [9.17, 15) is 18.0 Å². The number of hydrogen-bond donors (Lipinski definition) is 1. The molecule has 29 heavy (non-hydrogen) atoms. The Hall–Kier alpha value is -3.01. The van der Waals surface area contributed by atoms with Gasteiger partial charge in [0.25, 0.3) is 5.91 Å². The molecule has 3 aromatic rings. The summed E-state index contributed by atoms with van der Waals surface area (Å²) in [5.74, 6) is -0.187. The molecule has 11 heteroatoms. The van der Waals surface area contributed by atoms with Crippen molar-refractivity contribution in [2.75, 3.05) is 5.32 Å². The molecule has 1 aromatic carbocycles. The third-order valence-electron chi connectivity index (χ3n) is 4.05. The van der Waals surface area contributed by atoms with Gasteiger partial charge >= 0.3 is 6.18 Å². The number of rotatable bonds is 5. The monoisotopic (exact) mass is 427 g/mol. The first-order valence-electron chi connectivity index (χ1n) is 8.40. The third-order valence-corrected chi connectivity index (χ3v) is 4.40. The first kappa shape index (κ1) is 20.7. The number of carbonyl (C=O) groups excluding carboxylic acids is 1. The first-order chi connectivity index (χ1) is 13.6. The minimum atomic E-state index is -4.73. The fourth-order valence-electron chi connectivity index (χ4n) is 2.74. The minimum absolute atomic E-state index is 0.0857. The maximum absolute atomic E-state index is 13.0. The fraction of sp³-hybridized carbons (Fsp3) is 0.278. The van der Waals surface area contributed by atoms with Crippen molar-refractivity contribution in [3.63, 3.8) is 0 Å². The Kier molecular flexibility index (Phi) is 5.56. The van der Waals surface area contributed by atoms with E-state index < -0.39 is 28.5 Å². The summed E-state index contributed by atoms with van der Waals surface area (Å²) >= 11 is 5.72. The van der Waals surface area contributed by atoms with Crippen LogP contribution >= 0.6 is 11.6 Å². The Morgan fingerprint density at radius 3 is 2.66 bits per heavy atom. The Morgan fingerprint density at radius 2 is 2.03 bits per heavy atom. The lowest BCUT2D eigenvalue weighted by Crippen LogP contribution is -2.13. The summed E-state index contributed by atoms with van der Waals surface area (Å²) in [5, 5.41) is 9.28. The smallest absolute Gasteiger partial charge is 0.434 e. The van der Waals surface area contributed by atoms with Crippen LogP contribution in [-0.2, 0) is 20.0 Å². The lowest BCUT2D eigenvalue weighted by molar-refractivity contribution is -0.143. The van der Waals surface area contributed by atoms with Crippen LogP contribution in [0.1, 0.15) is 27.3 Å². The van der Waals surface area contributed by atoms with E-state index in [-0.39, 0.29) is 12.4 Å². The average Bonchev–Trinajstić information content (AvgIpc) is 3.17. The molecule has 0 spiro atoms. The lowest BCUT2D eigenvalue weighted by atomic mass is 10.1. The summed E-state index contributed by atoms with van der Waals surface area (Å²) < 4.78 is 46.6. The van der Waals surface area contributed by atoms with Crippen LogP contribution in [0.2, 0.25) is 5.02 Å². The van der Waals surface area contributed by atoms with Crippen molar-refractivity contribution in [3.8, 4) is 5.75 Å². The fourth-order valence-corrected chi connectivity index (χ4v) is 3.09. The van der Waals surface area contributed by atoms with Crippen molar-refractivity contribution in [3.05, 3.63) is 58.1 Å². The van der Waals surface area contributed by atoms with Gasteiger partial charge in [0.1, 0.15) is 10.8 Å². The van der Waals surface area contributed by atoms with Gasteiger partial charge in [-0.25, -0.2) is 4.68 Å². The summed E-state index contributed by atoms with van der Waals surface area (Å²) in [6, 6.07) is 5.75. The highest BCUT2D eigenvalue weighted by molar-refractivity contribution is 6.34. The largest absolute Gasteiger partial charge is 0.471 e. The summed E-state index contributed by atoms with van der Waals surface area (Å²) in [4.78, 5) is 12.3. The van der Waals surface area contributed by atoms with E-state index in [1.54, 1.807) is 0 Å². The van der Waals surface area contributed by atoms with Gasteiger partial charge in [-0.05, 0) is 25.5 Å². The van der Waals surface area contributed by atoms with E-state index in [1.807, 2.05) is 32.0 Å². The van der Waals surface area contributed by atoms with Crippen molar-refractivity contribution in [2.24, 2.45) is 7.05 Å². The van der Waals surface area contributed by atoms with Crippen molar-refractivity contribution in [1.29, 1.82) is 0 Å². The molecule has 0 unspecified atom stereocenters. The zero-order valence-electron chi connectivity index (χ0n) is 15.7. The average molecular weight is 428 g/mol.